The number of aliphatic imine (C=N–C) groups is 1. The van der Waals surface area contributed by atoms with Crippen LogP contribution >= 0.6 is 0 Å². The molecule has 0 saturated heterocycles. The summed E-state index contributed by atoms with van der Waals surface area (Å²) in [5, 5.41) is 0. The van der Waals surface area contributed by atoms with Crippen molar-refractivity contribution in [3.63, 3.8) is 0 Å². The first-order valence-corrected chi connectivity index (χ1v) is 14.1. The van der Waals surface area contributed by atoms with Gasteiger partial charge in [-0.3, -0.25) is 4.99 Å². The Morgan fingerprint density at radius 2 is 1.56 bits per heavy atom. The van der Waals surface area contributed by atoms with Gasteiger partial charge in [-0.2, -0.15) is 0 Å². The summed E-state index contributed by atoms with van der Waals surface area (Å²) in [6.07, 6.45) is 22.0. The van der Waals surface area contributed by atoms with Crippen molar-refractivity contribution in [2.45, 2.75) is 13.0 Å². The molecule has 0 aromatic heterocycles. The molecular formula is C38H27FN2. The van der Waals surface area contributed by atoms with E-state index in [9.17, 15) is 0 Å². The maximum absolute atomic E-state index is 15.1. The van der Waals surface area contributed by atoms with E-state index in [4.69, 9.17) is 4.99 Å². The summed E-state index contributed by atoms with van der Waals surface area (Å²) in [5.74, 6) is -0.0465. The van der Waals surface area contributed by atoms with Crippen LogP contribution in [0.5, 0.6) is 0 Å². The largest absolute Gasteiger partial charge is 0.307 e. The minimum absolute atomic E-state index is 0.0729. The van der Waals surface area contributed by atoms with Crippen molar-refractivity contribution in [3.8, 4) is 0 Å². The van der Waals surface area contributed by atoms with Gasteiger partial charge in [-0.25, -0.2) is 4.39 Å². The van der Waals surface area contributed by atoms with Gasteiger partial charge >= 0.3 is 0 Å². The quantitative estimate of drug-likeness (QED) is 0.328. The predicted molar refractivity (Wildman–Crippen MR) is 167 cm³/mol. The molecular weight excluding hydrogens is 503 g/mol. The smallest absolute Gasteiger partial charge is 0.147 e. The van der Waals surface area contributed by atoms with Gasteiger partial charge in [-0.05, 0) is 99.5 Å². The van der Waals surface area contributed by atoms with Gasteiger partial charge in [0.15, 0.2) is 0 Å². The van der Waals surface area contributed by atoms with Gasteiger partial charge < -0.3 is 4.90 Å². The van der Waals surface area contributed by atoms with Crippen LogP contribution in [0.15, 0.2) is 166 Å². The fraction of sp³-hybridized carbons (Fsp3) is 0.0789. The van der Waals surface area contributed by atoms with Crippen LogP contribution in [0.25, 0.3) is 5.57 Å². The minimum atomic E-state index is -0.251. The molecule has 0 radical (unpaired) electrons. The summed E-state index contributed by atoms with van der Waals surface area (Å²) < 4.78 is 15.1. The van der Waals surface area contributed by atoms with Crippen molar-refractivity contribution >= 4 is 28.8 Å². The Hall–Kier alpha value is -5.02. The number of halogens is 1. The molecule has 0 fully saturated rings. The fourth-order valence-electron chi connectivity index (χ4n) is 6.72. The van der Waals surface area contributed by atoms with E-state index in [0.29, 0.717) is 5.69 Å². The van der Waals surface area contributed by atoms with Gasteiger partial charge in [0, 0.05) is 23.5 Å². The second-order valence-electron chi connectivity index (χ2n) is 11.0. The van der Waals surface area contributed by atoms with Crippen LogP contribution in [0.2, 0.25) is 0 Å². The van der Waals surface area contributed by atoms with E-state index >= 15 is 4.39 Å². The molecule has 196 valence electrons. The number of benzene rings is 3. The Morgan fingerprint density at radius 1 is 0.756 bits per heavy atom. The second-order valence-corrected chi connectivity index (χ2v) is 11.0. The number of aryl methyl sites for hydroxylation is 1. The lowest BCUT2D eigenvalue weighted by Crippen LogP contribution is -2.29. The molecule has 0 bridgehead atoms. The highest BCUT2D eigenvalue weighted by Crippen LogP contribution is 2.51. The molecule has 2 unspecified atom stereocenters. The molecule has 0 amide bonds. The average Bonchev–Trinajstić information content (AvgIpc) is 3.02. The third-order valence-corrected chi connectivity index (χ3v) is 8.63. The third-order valence-electron chi connectivity index (χ3n) is 8.63. The molecule has 4 aliphatic carbocycles. The van der Waals surface area contributed by atoms with E-state index in [1.54, 1.807) is 6.07 Å². The molecule has 3 aromatic carbocycles. The van der Waals surface area contributed by atoms with Crippen LogP contribution in [-0.4, -0.2) is 12.3 Å². The first-order valence-electron chi connectivity index (χ1n) is 14.1. The van der Waals surface area contributed by atoms with Crippen molar-refractivity contribution in [2.75, 3.05) is 4.90 Å². The van der Waals surface area contributed by atoms with Crippen LogP contribution in [0.1, 0.15) is 11.1 Å². The highest BCUT2D eigenvalue weighted by molar-refractivity contribution is 5.88. The highest BCUT2D eigenvalue weighted by atomic mass is 19.1. The zero-order chi connectivity index (χ0) is 27.5. The van der Waals surface area contributed by atoms with E-state index in [0.717, 1.165) is 22.5 Å². The summed E-state index contributed by atoms with van der Waals surface area (Å²) >= 11 is 0. The van der Waals surface area contributed by atoms with E-state index in [1.807, 2.05) is 47.5 Å². The van der Waals surface area contributed by atoms with E-state index in [-0.39, 0.29) is 17.8 Å². The molecule has 0 N–H and O–H groups in total. The number of hydrogen-bond acceptors (Lipinski definition) is 2. The highest BCUT2D eigenvalue weighted by Gasteiger charge is 2.38. The normalized spacial score (nSPS) is 21.3. The zero-order valence-corrected chi connectivity index (χ0v) is 22.6. The maximum Gasteiger partial charge on any atom is 0.147 e. The van der Waals surface area contributed by atoms with Crippen molar-refractivity contribution in [1.82, 2.24) is 0 Å². The Kier molecular flexibility index (Phi) is 5.39. The van der Waals surface area contributed by atoms with Crippen molar-refractivity contribution in [3.05, 3.63) is 178 Å². The number of rotatable bonds is 4. The summed E-state index contributed by atoms with van der Waals surface area (Å²) in [6.45, 7) is 2.06. The first-order chi connectivity index (χ1) is 20.2. The summed E-state index contributed by atoms with van der Waals surface area (Å²) in [5.41, 5.74) is 13.7. The van der Waals surface area contributed by atoms with Gasteiger partial charge in [0.1, 0.15) is 11.9 Å². The van der Waals surface area contributed by atoms with E-state index < -0.39 is 0 Å². The first kappa shape index (κ1) is 23.8. The third kappa shape index (κ3) is 3.73. The molecule has 3 aromatic rings. The van der Waals surface area contributed by atoms with E-state index in [2.05, 4.69) is 85.9 Å². The predicted octanol–water partition coefficient (Wildman–Crippen LogP) is 9.23. The number of nitrogens with zero attached hydrogens (tertiary/aromatic N) is 2. The fourth-order valence-corrected chi connectivity index (χ4v) is 6.72. The minimum Gasteiger partial charge on any atom is -0.307 e. The van der Waals surface area contributed by atoms with Gasteiger partial charge in [-0.15, -0.1) is 0 Å². The SMILES string of the molecule is Cc1ccccc1N(c1ccc(C2=C3C=CC4=C5C(=CC=C(C=C2)C35)C2N=CC=CC2=C4)cc1)c1ccccc1F. The number of para-hydroxylation sites is 2. The number of dihydropyridines is 1. The van der Waals surface area contributed by atoms with Gasteiger partial charge in [0.25, 0.3) is 0 Å². The number of allylic oxidation sites excluding steroid dienone is 12. The maximum atomic E-state index is 15.1. The lowest BCUT2D eigenvalue weighted by molar-refractivity contribution is 0.629. The number of fused-ring (bicyclic) bond motifs is 2. The molecule has 2 nitrogen and oxygen atoms in total. The van der Waals surface area contributed by atoms with Crippen molar-refractivity contribution in [1.29, 1.82) is 0 Å². The van der Waals surface area contributed by atoms with Crippen LogP contribution < -0.4 is 4.90 Å². The molecule has 0 spiro atoms. The van der Waals surface area contributed by atoms with Gasteiger partial charge in [0.05, 0.1) is 5.69 Å². The number of hydrogen-bond donors (Lipinski definition) is 0. The Labute approximate surface area is 239 Å². The Bertz CT molecular complexity index is 1860. The van der Waals surface area contributed by atoms with Crippen LogP contribution in [-0.2, 0) is 0 Å². The summed E-state index contributed by atoms with van der Waals surface area (Å²) in [6, 6.07) is 23.7. The molecule has 1 heterocycles. The Balaban J connectivity index is 1.21. The summed E-state index contributed by atoms with van der Waals surface area (Å²) in [4.78, 5) is 6.83. The van der Waals surface area contributed by atoms with Gasteiger partial charge in [0.2, 0.25) is 0 Å². The lowest BCUT2D eigenvalue weighted by Gasteiger charge is -2.39. The second kappa shape index (κ2) is 9.28. The molecule has 41 heavy (non-hydrogen) atoms. The van der Waals surface area contributed by atoms with Gasteiger partial charge in [-0.1, -0.05) is 85.0 Å². The van der Waals surface area contributed by atoms with E-state index in [1.165, 1.54) is 45.1 Å². The molecule has 0 saturated carbocycles. The number of anilines is 3. The molecule has 1 aliphatic heterocycles. The van der Waals surface area contributed by atoms with Crippen LogP contribution in [0, 0.1) is 18.7 Å². The topological polar surface area (TPSA) is 15.6 Å². The summed E-state index contributed by atoms with van der Waals surface area (Å²) in [7, 11) is 0. The molecule has 2 atom stereocenters. The molecule has 3 heteroatoms. The average molecular weight is 531 g/mol. The lowest BCUT2D eigenvalue weighted by atomic mass is 9.65. The van der Waals surface area contributed by atoms with Crippen LogP contribution in [0.3, 0.4) is 0 Å². The van der Waals surface area contributed by atoms with Crippen molar-refractivity contribution < 1.29 is 4.39 Å². The molecule has 8 rings (SSSR count). The zero-order valence-electron chi connectivity index (χ0n) is 22.6. The van der Waals surface area contributed by atoms with Crippen LogP contribution in [0.4, 0.5) is 21.5 Å². The monoisotopic (exact) mass is 530 g/mol. The Morgan fingerprint density at radius 3 is 2.39 bits per heavy atom. The van der Waals surface area contributed by atoms with Crippen molar-refractivity contribution in [2.24, 2.45) is 10.9 Å². The molecule has 5 aliphatic rings. The standard InChI is InChI=1S/C38H27FN2/c1-24-7-2-4-10-34(24)41(35-11-5-3-9-33(35)39)29-17-12-25(13-18-29)30-19-14-26-15-21-32-37-27(16-20-31(30)36(26)37)23-28-8-6-22-40-38(28)32/h2-23,36,38H,1H3.